The lowest BCUT2D eigenvalue weighted by molar-refractivity contribution is -0.139. The van der Waals surface area contributed by atoms with Crippen molar-refractivity contribution in [3.8, 4) is 0 Å². The van der Waals surface area contributed by atoms with E-state index in [9.17, 15) is 9.59 Å². The summed E-state index contributed by atoms with van der Waals surface area (Å²) in [6.07, 6.45) is 1.17. The molecule has 0 N–H and O–H groups in total. The zero-order valence-corrected chi connectivity index (χ0v) is 6.25. The molecule has 1 saturated heterocycles. The van der Waals surface area contributed by atoms with Crippen LogP contribution in [-0.4, -0.2) is 11.9 Å². The van der Waals surface area contributed by atoms with Gasteiger partial charge in [-0.2, -0.15) is 0 Å². The van der Waals surface area contributed by atoms with Crippen molar-refractivity contribution in [2.24, 2.45) is 0 Å². The van der Waals surface area contributed by atoms with Crippen LogP contribution in [0.3, 0.4) is 0 Å². The number of carbonyl (C=O) groups is 2. The minimum absolute atomic E-state index is 0.286. The fourth-order valence-electron chi connectivity index (χ4n) is 0.593. The van der Waals surface area contributed by atoms with E-state index in [2.05, 4.69) is 9.05 Å². The third-order valence-corrected chi connectivity index (χ3v) is 1.69. The van der Waals surface area contributed by atoms with E-state index in [-0.39, 0.29) is 11.9 Å². The maximum atomic E-state index is 10.5. The van der Waals surface area contributed by atoms with Crippen molar-refractivity contribution < 1.29 is 18.6 Å². The standard InChI is InChI=1S/C5H7O4P/c6-4-2-1-3-5(7)9-10-8-4/h10H,1-3H2. The Morgan fingerprint density at radius 2 is 1.60 bits per heavy atom. The molecule has 0 aromatic rings. The molecule has 0 aromatic carbocycles. The quantitative estimate of drug-likeness (QED) is 0.493. The monoisotopic (exact) mass is 162 g/mol. The molecular weight excluding hydrogens is 155 g/mol. The molecule has 1 aliphatic heterocycles. The van der Waals surface area contributed by atoms with Gasteiger partial charge in [0.2, 0.25) is 0 Å². The van der Waals surface area contributed by atoms with Crippen molar-refractivity contribution in [1.82, 2.24) is 0 Å². The van der Waals surface area contributed by atoms with Crippen LogP contribution in [0.15, 0.2) is 0 Å². The van der Waals surface area contributed by atoms with Crippen LogP contribution in [-0.2, 0) is 18.6 Å². The van der Waals surface area contributed by atoms with Gasteiger partial charge in [-0.05, 0) is 6.42 Å². The highest BCUT2D eigenvalue weighted by Gasteiger charge is 2.12. The summed E-state index contributed by atoms with van der Waals surface area (Å²) in [6.45, 7) is 0. The average Bonchev–Trinajstić information content (AvgIpc) is 1.84. The van der Waals surface area contributed by atoms with Gasteiger partial charge < -0.3 is 9.05 Å². The zero-order chi connectivity index (χ0) is 7.40. The van der Waals surface area contributed by atoms with Crippen LogP contribution in [0.1, 0.15) is 19.3 Å². The Morgan fingerprint density at radius 3 is 2.10 bits per heavy atom. The Kier molecular flexibility index (Phi) is 2.63. The van der Waals surface area contributed by atoms with Crippen LogP contribution >= 0.6 is 9.03 Å². The molecule has 1 fully saturated rings. The molecule has 0 radical (unpaired) electrons. The normalized spacial score (nSPS) is 20.4. The van der Waals surface area contributed by atoms with E-state index in [1.54, 1.807) is 0 Å². The molecule has 0 bridgehead atoms. The molecule has 10 heavy (non-hydrogen) atoms. The summed E-state index contributed by atoms with van der Waals surface area (Å²) in [4.78, 5) is 21.1. The summed E-state index contributed by atoms with van der Waals surface area (Å²) < 4.78 is 9.00. The molecule has 0 aromatic heterocycles. The van der Waals surface area contributed by atoms with Gasteiger partial charge in [-0.25, -0.2) is 0 Å². The first-order chi connectivity index (χ1) is 4.79. The van der Waals surface area contributed by atoms with E-state index in [0.717, 1.165) is 0 Å². The Bertz CT molecular complexity index is 126. The van der Waals surface area contributed by atoms with E-state index in [4.69, 9.17) is 0 Å². The summed E-state index contributed by atoms with van der Waals surface area (Å²) in [5.41, 5.74) is 0. The molecule has 0 amide bonds. The smallest absolute Gasteiger partial charge is 0.310 e. The Labute approximate surface area is 59.8 Å². The van der Waals surface area contributed by atoms with Gasteiger partial charge in [0.15, 0.2) is 0 Å². The zero-order valence-electron chi connectivity index (χ0n) is 5.25. The SMILES string of the molecule is O=C1CCCC(=O)OPO1. The van der Waals surface area contributed by atoms with Crippen molar-refractivity contribution >= 4 is 21.0 Å². The molecule has 1 aliphatic rings. The van der Waals surface area contributed by atoms with Crippen molar-refractivity contribution in [1.29, 1.82) is 0 Å². The molecule has 0 unspecified atom stereocenters. The van der Waals surface area contributed by atoms with Gasteiger partial charge in [0.05, 0.1) is 0 Å². The van der Waals surface area contributed by atoms with E-state index in [1.165, 1.54) is 0 Å². The maximum absolute atomic E-state index is 10.5. The number of hydrogen-bond donors (Lipinski definition) is 0. The number of hydrogen-bond acceptors (Lipinski definition) is 4. The average molecular weight is 162 g/mol. The summed E-state index contributed by atoms with van der Waals surface area (Å²) in [6, 6.07) is 0. The fraction of sp³-hybridized carbons (Fsp3) is 0.600. The van der Waals surface area contributed by atoms with Crippen LogP contribution < -0.4 is 0 Å². The predicted octanol–water partition coefficient (Wildman–Crippen LogP) is 0.765. The summed E-state index contributed by atoms with van der Waals surface area (Å²) in [5.74, 6) is -0.573. The summed E-state index contributed by atoms with van der Waals surface area (Å²) in [5, 5.41) is 0. The molecule has 1 heterocycles. The highest BCUT2D eigenvalue weighted by Crippen LogP contribution is 2.20. The molecule has 56 valence electrons. The number of rotatable bonds is 0. The van der Waals surface area contributed by atoms with Crippen LogP contribution in [0.25, 0.3) is 0 Å². The Balaban J connectivity index is 2.34. The molecule has 4 nitrogen and oxygen atoms in total. The Hall–Kier alpha value is -0.630. The fourth-order valence-corrected chi connectivity index (χ4v) is 1.02. The first-order valence-electron chi connectivity index (χ1n) is 2.93. The molecular formula is C5H7O4P. The van der Waals surface area contributed by atoms with E-state index >= 15 is 0 Å². The molecule has 0 spiro atoms. The van der Waals surface area contributed by atoms with Gasteiger partial charge in [-0.15, -0.1) is 0 Å². The van der Waals surface area contributed by atoms with Gasteiger partial charge in [-0.3, -0.25) is 9.59 Å². The first kappa shape index (κ1) is 7.48. The van der Waals surface area contributed by atoms with Crippen LogP contribution in [0.5, 0.6) is 0 Å². The lowest BCUT2D eigenvalue weighted by Crippen LogP contribution is -2.07. The van der Waals surface area contributed by atoms with Crippen molar-refractivity contribution in [3.05, 3.63) is 0 Å². The third kappa shape index (κ3) is 2.31. The highest BCUT2D eigenvalue weighted by molar-refractivity contribution is 7.27. The van der Waals surface area contributed by atoms with Gasteiger partial charge >= 0.3 is 11.9 Å². The van der Waals surface area contributed by atoms with Crippen LogP contribution in [0.4, 0.5) is 0 Å². The minimum atomic E-state index is -0.448. The first-order valence-corrected chi connectivity index (χ1v) is 3.75. The predicted molar refractivity (Wildman–Crippen MR) is 34.3 cm³/mol. The van der Waals surface area contributed by atoms with Gasteiger partial charge in [0.1, 0.15) is 0 Å². The van der Waals surface area contributed by atoms with Crippen molar-refractivity contribution in [2.45, 2.75) is 19.3 Å². The molecule has 0 aliphatic carbocycles. The van der Waals surface area contributed by atoms with E-state index in [1.807, 2.05) is 0 Å². The second-order valence-corrected chi connectivity index (χ2v) is 2.46. The summed E-state index contributed by atoms with van der Waals surface area (Å²) in [7, 11) is -0.448. The van der Waals surface area contributed by atoms with Crippen LogP contribution in [0, 0.1) is 0 Å². The lowest BCUT2D eigenvalue weighted by Gasteiger charge is -2.07. The van der Waals surface area contributed by atoms with E-state index < -0.39 is 9.03 Å². The van der Waals surface area contributed by atoms with Crippen molar-refractivity contribution in [2.75, 3.05) is 0 Å². The maximum Gasteiger partial charge on any atom is 0.310 e. The number of carbonyl (C=O) groups excluding carboxylic acids is 2. The summed E-state index contributed by atoms with van der Waals surface area (Å²) >= 11 is 0. The molecule has 0 saturated carbocycles. The topological polar surface area (TPSA) is 52.6 Å². The van der Waals surface area contributed by atoms with Gasteiger partial charge in [-0.1, -0.05) is 0 Å². The van der Waals surface area contributed by atoms with Crippen molar-refractivity contribution in [3.63, 3.8) is 0 Å². The largest absolute Gasteiger partial charge is 0.409 e. The minimum Gasteiger partial charge on any atom is -0.409 e. The lowest BCUT2D eigenvalue weighted by atomic mass is 10.2. The second-order valence-electron chi connectivity index (χ2n) is 1.89. The van der Waals surface area contributed by atoms with Gasteiger partial charge in [0.25, 0.3) is 9.03 Å². The molecule has 0 atom stereocenters. The highest BCUT2D eigenvalue weighted by atomic mass is 31.1. The van der Waals surface area contributed by atoms with E-state index in [0.29, 0.717) is 19.3 Å². The molecule has 1 rings (SSSR count). The van der Waals surface area contributed by atoms with Gasteiger partial charge in [0, 0.05) is 12.8 Å². The third-order valence-electron chi connectivity index (χ3n) is 1.07. The molecule has 5 heteroatoms. The second kappa shape index (κ2) is 3.52. The Morgan fingerprint density at radius 1 is 1.10 bits per heavy atom. The van der Waals surface area contributed by atoms with Crippen LogP contribution in [0.2, 0.25) is 0 Å².